The van der Waals surface area contributed by atoms with Crippen molar-refractivity contribution in [1.29, 1.82) is 0 Å². The zero-order chi connectivity index (χ0) is 16.7. The lowest BCUT2D eigenvalue weighted by Gasteiger charge is -2.20. The highest BCUT2D eigenvalue weighted by Gasteiger charge is 2.33. The molecular formula is C18H12O5. The molecule has 0 unspecified atom stereocenters. The minimum absolute atomic E-state index is 0.0221. The Hall–Kier alpha value is -3.08. The highest BCUT2D eigenvalue weighted by atomic mass is 16.5. The van der Waals surface area contributed by atoms with E-state index in [1.807, 2.05) is 0 Å². The minimum atomic E-state index is -0.632. The van der Waals surface area contributed by atoms with Gasteiger partial charge in [-0.25, -0.2) is 0 Å². The van der Waals surface area contributed by atoms with E-state index < -0.39 is 11.8 Å². The summed E-state index contributed by atoms with van der Waals surface area (Å²) >= 11 is 0. The minimum Gasteiger partial charge on any atom is -0.426 e. The van der Waals surface area contributed by atoms with Crippen molar-refractivity contribution in [3.05, 3.63) is 64.2 Å². The van der Waals surface area contributed by atoms with Crippen molar-refractivity contribution in [2.24, 2.45) is 0 Å². The van der Waals surface area contributed by atoms with E-state index in [2.05, 4.69) is 0 Å². The third-order valence-corrected chi connectivity index (χ3v) is 3.65. The van der Waals surface area contributed by atoms with Gasteiger partial charge in [0.05, 0.1) is 5.56 Å². The fraction of sp³-hybridized carbons (Fsp3) is 0.111. The van der Waals surface area contributed by atoms with Gasteiger partial charge in [-0.15, -0.1) is 0 Å². The summed E-state index contributed by atoms with van der Waals surface area (Å²) in [7, 11) is 0. The first-order valence-electron chi connectivity index (χ1n) is 6.96. The maximum atomic E-state index is 12.7. The number of carbonyl (C=O) groups is 4. The lowest BCUT2D eigenvalue weighted by atomic mass is 9.82. The van der Waals surface area contributed by atoms with Crippen LogP contribution in [-0.2, 0) is 4.79 Å². The zero-order valence-corrected chi connectivity index (χ0v) is 12.5. The van der Waals surface area contributed by atoms with Crippen LogP contribution in [-0.4, -0.2) is 23.3 Å². The summed E-state index contributed by atoms with van der Waals surface area (Å²) in [5.41, 5.74) is 0.848. The van der Waals surface area contributed by atoms with Crippen molar-refractivity contribution in [3.63, 3.8) is 0 Å². The lowest BCUT2D eigenvalue weighted by molar-refractivity contribution is -0.131. The van der Waals surface area contributed by atoms with Crippen LogP contribution in [0.5, 0.6) is 5.75 Å². The lowest BCUT2D eigenvalue weighted by Crippen LogP contribution is -2.23. The third-order valence-electron chi connectivity index (χ3n) is 3.65. The van der Waals surface area contributed by atoms with E-state index in [1.165, 1.54) is 26.0 Å². The summed E-state index contributed by atoms with van der Waals surface area (Å²) in [4.78, 5) is 48.3. The van der Waals surface area contributed by atoms with Crippen LogP contribution in [0, 0.1) is 0 Å². The largest absolute Gasteiger partial charge is 0.426 e. The molecule has 5 heteroatoms. The molecule has 1 aliphatic carbocycles. The zero-order valence-electron chi connectivity index (χ0n) is 12.5. The van der Waals surface area contributed by atoms with Crippen LogP contribution in [0.3, 0.4) is 0 Å². The molecule has 0 bridgehead atoms. The van der Waals surface area contributed by atoms with Gasteiger partial charge in [0.25, 0.3) is 0 Å². The average molecular weight is 308 g/mol. The number of ether oxygens (including phenoxy) is 1. The van der Waals surface area contributed by atoms with Crippen LogP contribution < -0.4 is 4.74 Å². The Labute approximate surface area is 131 Å². The molecule has 23 heavy (non-hydrogen) atoms. The molecule has 5 nitrogen and oxygen atoms in total. The normalized spacial score (nSPS) is 12.4. The first-order chi connectivity index (χ1) is 10.9. The van der Waals surface area contributed by atoms with Gasteiger partial charge in [0.2, 0.25) is 0 Å². The summed E-state index contributed by atoms with van der Waals surface area (Å²) in [6.07, 6.45) is 0. The predicted molar refractivity (Wildman–Crippen MR) is 81.1 cm³/mol. The summed E-state index contributed by atoms with van der Waals surface area (Å²) in [6.45, 7) is 2.53. The molecule has 1 aliphatic rings. The number of hydrogen-bond donors (Lipinski definition) is 0. The second-order valence-electron chi connectivity index (χ2n) is 5.25. The highest BCUT2D eigenvalue weighted by Crippen LogP contribution is 2.34. The first-order valence-corrected chi connectivity index (χ1v) is 6.96. The molecule has 0 spiro atoms. The highest BCUT2D eigenvalue weighted by molar-refractivity contribution is 6.29. The van der Waals surface area contributed by atoms with Gasteiger partial charge < -0.3 is 4.74 Å². The van der Waals surface area contributed by atoms with Gasteiger partial charge in [-0.05, 0) is 19.1 Å². The van der Waals surface area contributed by atoms with Crippen molar-refractivity contribution in [1.82, 2.24) is 0 Å². The molecular weight excluding hydrogens is 296 g/mol. The van der Waals surface area contributed by atoms with Gasteiger partial charge in [-0.2, -0.15) is 0 Å². The van der Waals surface area contributed by atoms with E-state index >= 15 is 0 Å². The van der Waals surface area contributed by atoms with Crippen LogP contribution in [0.4, 0.5) is 0 Å². The van der Waals surface area contributed by atoms with Crippen molar-refractivity contribution in [2.75, 3.05) is 0 Å². The van der Waals surface area contributed by atoms with Gasteiger partial charge in [-0.3, -0.25) is 19.2 Å². The summed E-state index contributed by atoms with van der Waals surface area (Å²) in [5, 5.41) is 0. The van der Waals surface area contributed by atoms with Crippen LogP contribution >= 0.6 is 0 Å². The molecule has 0 amide bonds. The van der Waals surface area contributed by atoms with Crippen LogP contribution in [0.2, 0.25) is 0 Å². The standard InChI is InChI=1S/C18H12O5/c1-9(19)11-7-14-16(15(8-11)23-10(2)20)18(22)13-6-4-3-5-12(13)17(14)21/h3-8H,1-2H3. The molecule has 2 aromatic carbocycles. The van der Waals surface area contributed by atoms with Crippen molar-refractivity contribution < 1.29 is 23.9 Å². The molecule has 3 rings (SSSR count). The predicted octanol–water partition coefficient (Wildman–Crippen LogP) is 2.59. The van der Waals surface area contributed by atoms with E-state index in [0.29, 0.717) is 0 Å². The molecule has 0 saturated heterocycles. The third kappa shape index (κ3) is 2.36. The van der Waals surface area contributed by atoms with Crippen LogP contribution in [0.25, 0.3) is 0 Å². The van der Waals surface area contributed by atoms with E-state index in [-0.39, 0.29) is 45.1 Å². The fourth-order valence-electron chi connectivity index (χ4n) is 2.63. The Balaban J connectivity index is 2.32. The van der Waals surface area contributed by atoms with E-state index in [4.69, 9.17) is 4.74 Å². The Morgan fingerprint density at radius 3 is 2.04 bits per heavy atom. The number of ketones is 3. The Morgan fingerprint density at radius 2 is 1.48 bits per heavy atom. The number of rotatable bonds is 2. The molecule has 2 aromatic rings. The number of fused-ring (bicyclic) bond motifs is 2. The molecule has 0 N–H and O–H groups in total. The van der Waals surface area contributed by atoms with Crippen LogP contribution in [0.1, 0.15) is 56.0 Å². The summed E-state index contributed by atoms with van der Waals surface area (Å²) < 4.78 is 5.07. The maximum absolute atomic E-state index is 12.7. The SMILES string of the molecule is CC(=O)Oc1cc(C(C)=O)cc2c1C(=O)c1ccccc1C2=O. The Kier molecular flexibility index (Phi) is 3.41. The molecule has 0 heterocycles. The van der Waals surface area contributed by atoms with Crippen LogP contribution in [0.15, 0.2) is 36.4 Å². The van der Waals surface area contributed by atoms with Gasteiger partial charge in [0.1, 0.15) is 5.75 Å². The van der Waals surface area contributed by atoms with Gasteiger partial charge in [0.15, 0.2) is 17.3 Å². The summed E-state index contributed by atoms with van der Waals surface area (Å²) in [6, 6.07) is 9.13. The molecule has 0 saturated carbocycles. The van der Waals surface area contributed by atoms with Gasteiger partial charge in [0, 0.05) is 29.2 Å². The first kappa shape index (κ1) is 14.8. The number of benzene rings is 2. The molecule has 0 atom stereocenters. The Morgan fingerprint density at radius 1 is 0.870 bits per heavy atom. The Bertz CT molecular complexity index is 892. The smallest absolute Gasteiger partial charge is 0.308 e. The maximum Gasteiger partial charge on any atom is 0.308 e. The van der Waals surface area contributed by atoms with Gasteiger partial charge >= 0.3 is 5.97 Å². The number of Topliss-reactive ketones (excluding diaryl/α,β-unsaturated/α-hetero) is 1. The topological polar surface area (TPSA) is 77.5 Å². The number of esters is 1. The van der Waals surface area contributed by atoms with Gasteiger partial charge in [-0.1, -0.05) is 24.3 Å². The second-order valence-corrected chi connectivity index (χ2v) is 5.25. The molecule has 0 radical (unpaired) electrons. The molecule has 0 fully saturated rings. The second kappa shape index (κ2) is 5.28. The van der Waals surface area contributed by atoms with Crippen molar-refractivity contribution in [3.8, 4) is 5.75 Å². The fourth-order valence-corrected chi connectivity index (χ4v) is 2.63. The molecule has 0 aromatic heterocycles. The summed E-state index contributed by atoms with van der Waals surface area (Å²) in [5.74, 6) is -1.76. The quantitative estimate of drug-likeness (QED) is 0.413. The molecule has 114 valence electrons. The van der Waals surface area contributed by atoms with E-state index in [9.17, 15) is 19.2 Å². The van der Waals surface area contributed by atoms with E-state index in [1.54, 1.807) is 24.3 Å². The average Bonchev–Trinajstić information content (AvgIpc) is 2.51. The van der Waals surface area contributed by atoms with E-state index in [0.717, 1.165) is 0 Å². The number of hydrogen-bond acceptors (Lipinski definition) is 5. The molecule has 0 aliphatic heterocycles. The monoisotopic (exact) mass is 308 g/mol. The number of carbonyl (C=O) groups excluding carboxylic acids is 4. The van der Waals surface area contributed by atoms with Crippen molar-refractivity contribution in [2.45, 2.75) is 13.8 Å². The van der Waals surface area contributed by atoms with Crippen molar-refractivity contribution >= 4 is 23.3 Å².